The Hall–Kier alpha value is 0.0300. The van der Waals surface area contributed by atoms with Crippen LogP contribution < -0.4 is 5.50 Å². The van der Waals surface area contributed by atoms with Gasteiger partial charge in [0.25, 0.3) is 0 Å². The van der Waals surface area contributed by atoms with Gasteiger partial charge in [0.2, 0.25) is 0 Å². The van der Waals surface area contributed by atoms with E-state index in [4.69, 9.17) is 10.4 Å². The predicted molar refractivity (Wildman–Crippen MR) is 43.2 cm³/mol. The second kappa shape index (κ2) is 3.62. The van der Waals surface area contributed by atoms with Crippen molar-refractivity contribution >= 4 is 7.67 Å². The Balaban J connectivity index is 4.49. The van der Waals surface area contributed by atoms with Gasteiger partial charge in [0.15, 0.2) is 0 Å². The van der Waals surface area contributed by atoms with E-state index >= 15 is 0 Å². The number of hydrogen-bond donors (Lipinski definition) is 2. The van der Waals surface area contributed by atoms with Gasteiger partial charge in [-0.05, 0) is 0 Å². The van der Waals surface area contributed by atoms with Crippen molar-refractivity contribution in [2.75, 3.05) is 28.2 Å². The highest BCUT2D eigenvalue weighted by molar-refractivity contribution is 7.52. The highest BCUT2D eigenvalue weighted by atomic mass is 31.2. The molecule has 6 nitrogen and oxygen atoms in total. The SMILES string of the molecule is CN(C)N(N(C)C)P(N)(=O)O. The largest absolute Gasteiger partial charge is 0.365 e. The monoisotopic (exact) mass is 182 g/mol. The number of nitrogens with zero attached hydrogens (tertiary/aromatic N) is 3. The second-order valence-corrected chi connectivity index (χ2v) is 4.09. The molecule has 0 aromatic heterocycles. The molecule has 0 saturated heterocycles. The Kier molecular flexibility index (Phi) is 3.63. The summed E-state index contributed by atoms with van der Waals surface area (Å²) in [7, 11) is 2.84. The molecule has 0 radical (unpaired) electrons. The van der Waals surface area contributed by atoms with Gasteiger partial charge in [-0.1, -0.05) is 4.89 Å². The Bertz CT molecular complexity index is 157. The summed E-state index contributed by atoms with van der Waals surface area (Å²) in [5, 5.41) is 2.89. The molecule has 3 N–H and O–H groups in total. The second-order valence-electron chi connectivity index (χ2n) is 2.55. The van der Waals surface area contributed by atoms with Gasteiger partial charge in [0, 0.05) is 28.2 Å². The van der Waals surface area contributed by atoms with Gasteiger partial charge in [0.05, 0.1) is 0 Å². The number of nitrogens with two attached hydrogens (primary N) is 1. The molecule has 11 heavy (non-hydrogen) atoms. The molecule has 0 amide bonds. The average molecular weight is 182 g/mol. The molecule has 68 valence electrons. The first kappa shape index (κ1) is 11.0. The molecule has 0 aliphatic heterocycles. The average Bonchev–Trinajstić information content (AvgIpc) is 1.54. The smallest absolute Gasteiger partial charge is 0.320 e. The van der Waals surface area contributed by atoms with Gasteiger partial charge >= 0.3 is 7.67 Å². The molecule has 0 heterocycles. The zero-order valence-electron chi connectivity index (χ0n) is 7.22. The van der Waals surface area contributed by atoms with Crippen molar-refractivity contribution in [3.8, 4) is 0 Å². The normalized spacial score (nSPS) is 17.9. The fraction of sp³-hybridized carbons (Fsp3) is 1.00. The molecule has 1 atom stereocenters. The summed E-state index contributed by atoms with van der Waals surface area (Å²) in [6.07, 6.45) is 0. The van der Waals surface area contributed by atoms with E-state index in [1.807, 2.05) is 0 Å². The Labute approximate surface area is 66.7 Å². The van der Waals surface area contributed by atoms with Crippen molar-refractivity contribution in [1.82, 2.24) is 14.9 Å². The van der Waals surface area contributed by atoms with Crippen LogP contribution in [0.3, 0.4) is 0 Å². The van der Waals surface area contributed by atoms with Crippen LogP contribution in [0.5, 0.6) is 0 Å². The first-order valence-electron chi connectivity index (χ1n) is 3.03. The molecule has 0 rings (SSSR count). The highest BCUT2D eigenvalue weighted by Gasteiger charge is 2.27. The molecule has 0 aliphatic rings. The van der Waals surface area contributed by atoms with Crippen LogP contribution >= 0.6 is 7.67 Å². The Morgan fingerprint density at radius 2 is 1.45 bits per heavy atom. The van der Waals surface area contributed by atoms with Gasteiger partial charge in [0.1, 0.15) is 0 Å². The third-order valence-corrected chi connectivity index (χ3v) is 2.20. The van der Waals surface area contributed by atoms with Crippen LogP contribution in [0.2, 0.25) is 0 Å². The van der Waals surface area contributed by atoms with Crippen LogP contribution in [0.1, 0.15) is 0 Å². The Morgan fingerprint density at radius 3 is 1.45 bits per heavy atom. The van der Waals surface area contributed by atoms with Crippen LogP contribution in [0.4, 0.5) is 0 Å². The first-order chi connectivity index (χ1) is 4.76. The lowest BCUT2D eigenvalue weighted by atomic mass is 11.1. The van der Waals surface area contributed by atoms with Gasteiger partial charge < -0.3 is 4.89 Å². The maximum Gasteiger partial charge on any atom is 0.365 e. The topological polar surface area (TPSA) is 73.0 Å². The molecular formula is C4H15N4O2P. The summed E-state index contributed by atoms with van der Waals surface area (Å²) in [6, 6.07) is 0. The van der Waals surface area contributed by atoms with Gasteiger partial charge in [-0.3, -0.25) is 4.57 Å². The van der Waals surface area contributed by atoms with E-state index in [1.54, 1.807) is 28.2 Å². The zero-order chi connectivity index (χ0) is 9.23. The zero-order valence-corrected chi connectivity index (χ0v) is 8.12. The van der Waals surface area contributed by atoms with E-state index in [0.717, 1.165) is 4.89 Å². The quantitative estimate of drug-likeness (QED) is 0.444. The summed E-state index contributed by atoms with van der Waals surface area (Å²) in [5.41, 5.74) is 5.04. The fourth-order valence-electron chi connectivity index (χ4n) is 0.870. The van der Waals surface area contributed by atoms with Gasteiger partial charge in [-0.2, -0.15) is 0 Å². The summed E-state index contributed by atoms with van der Waals surface area (Å²) in [4.78, 5) is 10.1. The van der Waals surface area contributed by atoms with Gasteiger partial charge in [-0.15, -0.1) is 0 Å². The molecule has 1 unspecified atom stereocenters. The fourth-order valence-corrected chi connectivity index (χ4v) is 1.90. The van der Waals surface area contributed by atoms with Crippen molar-refractivity contribution < 1.29 is 9.46 Å². The highest BCUT2D eigenvalue weighted by Crippen LogP contribution is 2.36. The minimum absolute atomic E-state index is 1.08. The van der Waals surface area contributed by atoms with E-state index in [2.05, 4.69) is 0 Å². The lowest BCUT2D eigenvalue weighted by molar-refractivity contribution is -0.0570. The number of hydrazine groups is 2. The molecule has 0 aromatic rings. The lowest BCUT2D eigenvalue weighted by Gasteiger charge is -2.34. The van der Waals surface area contributed by atoms with Crippen LogP contribution in [0.25, 0.3) is 0 Å². The van der Waals surface area contributed by atoms with E-state index in [9.17, 15) is 4.57 Å². The lowest BCUT2D eigenvalue weighted by Crippen LogP contribution is -2.45. The molecule has 0 bridgehead atoms. The minimum atomic E-state index is -3.70. The summed E-state index contributed by atoms with van der Waals surface area (Å²) in [6.45, 7) is 0. The molecule has 0 aromatic carbocycles. The maximum absolute atomic E-state index is 11.0. The van der Waals surface area contributed by atoms with Crippen molar-refractivity contribution in [2.24, 2.45) is 5.50 Å². The number of rotatable bonds is 3. The summed E-state index contributed by atoms with van der Waals surface area (Å²) in [5.74, 6) is 0. The predicted octanol–water partition coefficient (Wildman–Crippen LogP) is -0.699. The standard InChI is InChI=1S/C4H15N4O2P/c1-6(2)8(7(3)4)11(5,9)10/h1-4H3,(H3,5,9,10). The van der Waals surface area contributed by atoms with E-state index in [-0.39, 0.29) is 0 Å². The van der Waals surface area contributed by atoms with Crippen LogP contribution in [-0.2, 0) is 4.57 Å². The molecular weight excluding hydrogens is 167 g/mol. The molecule has 0 spiro atoms. The van der Waals surface area contributed by atoms with Crippen LogP contribution in [-0.4, -0.2) is 48.0 Å². The third kappa shape index (κ3) is 3.29. The summed E-state index contributed by atoms with van der Waals surface area (Å²) < 4.78 is 11.0. The van der Waals surface area contributed by atoms with Crippen LogP contribution in [0, 0.1) is 0 Å². The third-order valence-electron chi connectivity index (χ3n) is 0.972. The summed E-state index contributed by atoms with van der Waals surface area (Å²) >= 11 is 0. The van der Waals surface area contributed by atoms with E-state index in [1.165, 1.54) is 10.0 Å². The number of hydrogen-bond acceptors (Lipinski definition) is 3. The van der Waals surface area contributed by atoms with Crippen molar-refractivity contribution in [3.05, 3.63) is 0 Å². The van der Waals surface area contributed by atoms with Crippen molar-refractivity contribution in [1.29, 1.82) is 0 Å². The molecule has 0 fully saturated rings. The van der Waals surface area contributed by atoms with Crippen LogP contribution in [0.15, 0.2) is 0 Å². The molecule has 0 aliphatic carbocycles. The van der Waals surface area contributed by atoms with E-state index in [0.29, 0.717) is 0 Å². The van der Waals surface area contributed by atoms with E-state index < -0.39 is 7.67 Å². The minimum Gasteiger partial charge on any atom is -0.320 e. The first-order valence-corrected chi connectivity index (χ1v) is 4.71. The Morgan fingerprint density at radius 1 is 1.18 bits per heavy atom. The van der Waals surface area contributed by atoms with Gasteiger partial charge in [-0.25, -0.2) is 15.5 Å². The van der Waals surface area contributed by atoms with Crippen molar-refractivity contribution in [2.45, 2.75) is 0 Å². The maximum atomic E-state index is 11.0. The molecule has 0 saturated carbocycles. The molecule has 7 heteroatoms. The van der Waals surface area contributed by atoms with Crippen molar-refractivity contribution in [3.63, 3.8) is 0 Å².